The van der Waals surface area contributed by atoms with Crippen molar-refractivity contribution in [2.45, 2.75) is 0 Å². The SMILES string of the molecule is NC(=O)c1cc(NCC(=O)Nc2ccccc2)ccc1Cl. The molecule has 0 atom stereocenters. The Morgan fingerprint density at radius 1 is 1.05 bits per heavy atom. The number of halogens is 1. The molecule has 2 aromatic rings. The van der Waals surface area contributed by atoms with Crippen LogP contribution in [0, 0.1) is 0 Å². The third kappa shape index (κ3) is 4.22. The Hall–Kier alpha value is -2.53. The molecule has 2 aromatic carbocycles. The predicted molar refractivity (Wildman–Crippen MR) is 83.5 cm³/mol. The molecule has 0 radical (unpaired) electrons. The fourth-order valence-corrected chi connectivity index (χ4v) is 1.94. The van der Waals surface area contributed by atoms with Gasteiger partial charge in [-0.05, 0) is 30.3 Å². The number of nitrogens with two attached hydrogens (primary N) is 1. The van der Waals surface area contributed by atoms with Crippen LogP contribution in [-0.2, 0) is 4.79 Å². The van der Waals surface area contributed by atoms with Gasteiger partial charge in [-0.3, -0.25) is 9.59 Å². The number of primary amides is 1. The van der Waals surface area contributed by atoms with Gasteiger partial charge < -0.3 is 16.4 Å². The van der Waals surface area contributed by atoms with Gasteiger partial charge >= 0.3 is 0 Å². The van der Waals surface area contributed by atoms with Crippen molar-refractivity contribution < 1.29 is 9.59 Å². The molecule has 2 amide bonds. The maximum absolute atomic E-state index is 11.8. The van der Waals surface area contributed by atoms with Gasteiger partial charge in [-0.2, -0.15) is 0 Å². The van der Waals surface area contributed by atoms with Crippen LogP contribution < -0.4 is 16.4 Å². The molecule has 0 unspecified atom stereocenters. The quantitative estimate of drug-likeness (QED) is 0.793. The largest absolute Gasteiger partial charge is 0.376 e. The number of amides is 2. The first-order valence-corrected chi connectivity index (χ1v) is 6.62. The molecule has 6 heteroatoms. The second-order valence-electron chi connectivity index (χ2n) is 4.33. The van der Waals surface area contributed by atoms with Gasteiger partial charge in [-0.25, -0.2) is 0 Å². The second-order valence-corrected chi connectivity index (χ2v) is 4.73. The highest BCUT2D eigenvalue weighted by atomic mass is 35.5. The predicted octanol–water partition coefficient (Wildman–Crippen LogP) is 2.49. The smallest absolute Gasteiger partial charge is 0.250 e. The summed E-state index contributed by atoms with van der Waals surface area (Å²) in [5.41, 5.74) is 6.74. The Bertz CT molecular complexity index is 659. The molecule has 0 aliphatic carbocycles. The molecule has 0 heterocycles. The molecular formula is C15H14ClN3O2. The Morgan fingerprint density at radius 2 is 1.76 bits per heavy atom. The highest BCUT2D eigenvalue weighted by Gasteiger charge is 2.08. The van der Waals surface area contributed by atoms with Crippen molar-refractivity contribution in [1.29, 1.82) is 0 Å². The van der Waals surface area contributed by atoms with Crippen molar-refractivity contribution in [1.82, 2.24) is 0 Å². The lowest BCUT2D eigenvalue weighted by Gasteiger charge is -2.09. The van der Waals surface area contributed by atoms with E-state index in [1.165, 1.54) is 6.07 Å². The third-order valence-corrected chi connectivity index (χ3v) is 3.07. The van der Waals surface area contributed by atoms with Crippen LogP contribution >= 0.6 is 11.6 Å². The normalized spacial score (nSPS) is 9.95. The van der Waals surface area contributed by atoms with Crippen molar-refractivity contribution in [3.8, 4) is 0 Å². The van der Waals surface area contributed by atoms with Crippen LogP contribution in [-0.4, -0.2) is 18.4 Å². The number of hydrogen-bond donors (Lipinski definition) is 3. The van der Waals surface area contributed by atoms with E-state index in [4.69, 9.17) is 17.3 Å². The summed E-state index contributed by atoms with van der Waals surface area (Å²) < 4.78 is 0. The zero-order valence-corrected chi connectivity index (χ0v) is 11.9. The van der Waals surface area contributed by atoms with E-state index in [-0.39, 0.29) is 23.0 Å². The maximum Gasteiger partial charge on any atom is 0.250 e. The number of benzene rings is 2. The van der Waals surface area contributed by atoms with Crippen molar-refractivity contribution in [3.05, 3.63) is 59.1 Å². The lowest BCUT2D eigenvalue weighted by molar-refractivity contribution is -0.114. The molecular weight excluding hydrogens is 290 g/mol. The molecule has 0 aliphatic rings. The van der Waals surface area contributed by atoms with E-state index in [9.17, 15) is 9.59 Å². The zero-order valence-electron chi connectivity index (χ0n) is 11.1. The van der Waals surface area contributed by atoms with Crippen LogP contribution in [0.4, 0.5) is 11.4 Å². The number of rotatable bonds is 5. The van der Waals surface area contributed by atoms with Crippen molar-refractivity contribution in [3.63, 3.8) is 0 Å². The van der Waals surface area contributed by atoms with Crippen LogP contribution in [0.1, 0.15) is 10.4 Å². The van der Waals surface area contributed by atoms with Crippen molar-refractivity contribution in [2.24, 2.45) is 5.73 Å². The van der Waals surface area contributed by atoms with E-state index in [2.05, 4.69) is 10.6 Å². The topological polar surface area (TPSA) is 84.2 Å². The summed E-state index contributed by atoms with van der Waals surface area (Å²) in [4.78, 5) is 23.0. The lowest BCUT2D eigenvalue weighted by Crippen LogP contribution is -2.22. The first kappa shape index (κ1) is 14.9. The summed E-state index contributed by atoms with van der Waals surface area (Å²) in [6.07, 6.45) is 0. The molecule has 21 heavy (non-hydrogen) atoms. The van der Waals surface area contributed by atoms with Crippen LogP contribution in [0.15, 0.2) is 48.5 Å². The number of nitrogens with one attached hydrogen (secondary N) is 2. The van der Waals surface area contributed by atoms with Gasteiger partial charge in [0.05, 0.1) is 17.1 Å². The molecule has 0 bridgehead atoms. The molecule has 0 spiro atoms. The van der Waals surface area contributed by atoms with E-state index < -0.39 is 5.91 Å². The fraction of sp³-hybridized carbons (Fsp3) is 0.0667. The van der Waals surface area contributed by atoms with Crippen LogP contribution in [0.25, 0.3) is 0 Å². The van der Waals surface area contributed by atoms with Crippen LogP contribution in [0.3, 0.4) is 0 Å². The summed E-state index contributed by atoms with van der Waals surface area (Å²) in [5.74, 6) is -0.811. The first-order valence-electron chi connectivity index (χ1n) is 6.24. The van der Waals surface area contributed by atoms with Gasteiger partial charge in [-0.1, -0.05) is 29.8 Å². The number of carbonyl (C=O) groups is 2. The molecule has 5 nitrogen and oxygen atoms in total. The highest BCUT2D eigenvalue weighted by molar-refractivity contribution is 6.33. The second kappa shape index (κ2) is 6.76. The number of carbonyl (C=O) groups excluding carboxylic acids is 2. The molecule has 0 fully saturated rings. The highest BCUT2D eigenvalue weighted by Crippen LogP contribution is 2.20. The minimum atomic E-state index is -0.614. The lowest BCUT2D eigenvalue weighted by atomic mass is 10.2. The van der Waals surface area contributed by atoms with E-state index in [0.717, 1.165) is 5.69 Å². The monoisotopic (exact) mass is 303 g/mol. The summed E-state index contributed by atoms with van der Waals surface area (Å²) in [6.45, 7) is 0.0642. The van der Waals surface area contributed by atoms with Gasteiger partial charge in [0.25, 0.3) is 0 Å². The Morgan fingerprint density at radius 3 is 2.43 bits per heavy atom. The molecule has 108 valence electrons. The van der Waals surface area contributed by atoms with Gasteiger partial charge in [-0.15, -0.1) is 0 Å². The van der Waals surface area contributed by atoms with Crippen LogP contribution in [0.5, 0.6) is 0 Å². The van der Waals surface area contributed by atoms with Crippen molar-refractivity contribution in [2.75, 3.05) is 17.2 Å². The average molecular weight is 304 g/mol. The summed E-state index contributed by atoms with van der Waals surface area (Å²) in [5, 5.41) is 5.93. The molecule has 0 aromatic heterocycles. The fourth-order valence-electron chi connectivity index (χ4n) is 1.73. The summed E-state index contributed by atoms with van der Waals surface area (Å²) in [6, 6.07) is 13.9. The molecule has 2 rings (SSSR count). The van der Waals surface area contributed by atoms with Crippen LogP contribution in [0.2, 0.25) is 5.02 Å². The number of para-hydroxylation sites is 1. The van der Waals surface area contributed by atoms with Gasteiger partial charge in [0.2, 0.25) is 11.8 Å². The molecule has 0 saturated heterocycles. The summed E-state index contributed by atoms with van der Waals surface area (Å²) >= 11 is 5.85. The van der Waals surface area contributed by atoms with E-state index >= 15 is 0 Å². The van der Waals surface area contributed by atoms with Gasteiger partial charge in [0, 0.05) is 11.4 Å². The Balaban J connectivity index is 1.95. The van der Waals surface area contributed by atoms with E-state index in [0.29, 0.717) is 5.69 Å². The first-order chi connectivity index (χ1) is 10.1. The number of hydrogen-bond acceptors (Lipinski definition) is 3. The Labute approximate surface area is 127 Å². The molecule has 0 saturated carbocycles. The van der Waals surface area contributed by atoms with Crippen molar-refractivity contribution >= 4 is 34.8 Å². The van der Waals surface area contributed by atoms with Gasteiger partial charge in [0.15, 0.2) is 0 Å². The average Bonchev–Trinajstić information content (AvgIpc) is 2.47. The van der Waals surface area contributed by atoms with Gasteiger partial charge in [0.1, 0.15) is 0 Å². The zero-order chi connectivity index (χ0) is 15.2. The molecule has 4 N–H and O–H groups in total. The Kier molecular flexibility index (Phi) is 4.79. The van der Waals surface area contributed by atoms with E-state index in [1.807, 2.05) is 18.2 Å². The third-order valence-electron chi connectivity index (χ3n) is 2.74. The maximum atomic E-state index is 11.8. The molecule has 0 aliphatic heterocycles. The van der Waals surface area contributed by atoms with E-state index in [1.54, 1.807) is 24.3 Å². The number of anilines is 2. The summed E-state index contributed by atoms with van der Waals surface area (Å²) in [7, 11) is 0. The minimum absolute atomic E-state index is 0.0642. The minimum Gasteiger partial charge on any atom is -0.376 e. The standard InChI is InChI=1S/C15H14ClN3O2/c16-13-7-6-11(8-12(13)15(17)21)18-9-14(20)19-10-4-2-1-3-5-10/h1-8,18H,9H2,(H2,17,21)(H,19,20).